The zero-order valence-corrected chi connectivity index (χ0v) is 9.59. The molecular weight excluding hydrogens is 204 g/mol. The molecule has 0 amide bonds. The molecule has 0 spiro atoms. The molecule has 4 N–H and O–H groups in total. The molecular formula is C11H18N4O. The Kier molecular flexibility index (Phi) is 4.72. The maximum atomic E-state index is 8.51. The van der Waals surface area contributed by atoms with Crippen molar-refractivity contribution in [2.24, 2.45) is 16.8 Å². The van der Waals surface area contributed by atoms with E-state index < -0.39 is 0 Å². The topological polar surface area (TPSA) is 83.5 Å². The zero-order valence-electron chi connectivity index (χ0n) is 9.59. The number of aromatic nitrogens is 1. The molecule has 1 aromatic rings. The normalized spacial score (nSPS) is 15.8. The summed E-state index contributed by atoms with van der Waals surface area (Å²) in [6.45, 7) is 4.57. The van der Waals surface area contributed by atoms with E-state index in [1.807, 2.05) is 32.0 Å². The van der Waals surface area contributed by atoms with E-state index in [1.54, 1.807) is 6.20 Å². The number of hydrogen-bond donors (Lipinski definition) is 3. The number of rotatable bonds is 5. The first-order valence-corrected chi connectivity index (χ1v) is 5.27. The fourth-order valence-electron chi connectivity index (χ4n) is 1.29. The van der Waals surface area contributed by atoms with Gasteiger partial charge in [0.1, 0.15) is 5.84 Å². The molecule has 16 heavy (non-hydrogen) atoms. The number of amidine groups is 1. The average Bonchev–Trinajstić information content (AvgIpc) is 2.35. The minimum Gasteiger partial charge on any atom is -0.409 e. The molecule has 5 nitrogen and oxygen atoms in total. The van der Waals surface area contributed by atoms with Crippen LogP contribution in [0.3, 0.4) is 0 Å². The van der Waals surface area contributed by atoms with Gasteiger partial charge in [0.05, 0.1) is 5.69 Å². The van der Waals surface area contributed by atoms with E-state index in [4.69, 9.17) is 10.9 Å². The van der Waals surface area contributed by atoms with Crippen LogP contribution in [0.5, 0.6) is 0 Å². The lowest BCUT2D eigenvalue weighted by atomic mass is 10.1. The van der Waals surface area contributed by atoms with Crippen LogP contribution in [0.1, 0.15) is 25.6 Å². The number of pyridine rings is 1. The summed E-state index contributed by atoms with van der Waals surface area (Å²) in [4.78, 5) is 4.25. The summed E-state index contributed by atoms with van der Waals surface area (Å²) in [6, 6.07) is 5.95. The summed E-state index contributed by atoms with van der Waals surface area (Å²) < 4.78 is 0. The van der Waals surface area contributed by atoms with Crippen molar-refractivity contribution in [2.75, 3.05) is 6.54 Å². The van der Waals surface area contributed by atoms with Gasteiger partial charge in [-0.3, -0.25) is 4.98 Å². The van der Waals surface area contributed by atoms with Crippen molar-refractivity contribution in [2.45, 2.75) is 19.9 Å². The molecule has 0 aromatic carbocycles. The molecule has 0 bridgehead atoms. The van der Waals surface area contributed by atoms with E-state index in [2.05, 4.69) is 15.5 Å². The van der Waals surface area contributed by atoms with Crippen molar-refractivity contribution in [1.82, 2.24) is 10.3 Å². The molecule has 5 heteroatoms. The lowest BCUT2D eigenvalue weighted by Crippen LogP contribution is -2.32. The largest absolute Gasteiger partial charge is 0.409 e. The van der Waals surface area contributed by atoms with Gasteiger partial charge in [0.25, 0.3) is 0 Å². The van der Waals surface area contributed by atoms with Gasteiger partial charge in [-0.05, 0) is 19.1 Å². The van der Waals surface area contributed by atoms with Gasteiger partial charge in [-0.1, -0.05) is 18.1 Å². The predicted octanol–water partition coefficient (Wildman–Crippen LogP) is 1.11. The molecule has 1 heterocycles. The molecule has 0 saturated carbocycles. The highest BCUT2D eigenvalue weighted by molar-refractivity contribution is 5.82. The second-order valence-corrected chi connectivity index (χ2v) is 3.81. The highest BCUT2D eigenvalue weighted by Crippen LogP contribution is 2.08. The summed E-state index contributed by atoms with van der Waals surface area (Å²) in [5.41, 5.74) is 6.47. The molecule has 1 aromatic heterocycles. The van der Waals surface area contributed by atoms with Crippen molar-refractivity contribution in [1.29, 1.82) is 0 Å². The van der Waals surface area contributed by atoms with Gasteiger partial charge in [0, 0.05) is 24.7 Å². The quantitative estimate of drug-likeness (QED) is 0.301. The third kappa shape index (κ3) is 3.51. The van der Waals surface area contributed by atoms with E-state index >= 15 is 0 Å². The van der Waals surface area contributed by atoms with Crippen molar-refractivity contribution >= 4 is 5.84 Å². The molecule has 1 rings (SSSR count). The lowest BCUT2D eigenvalue weighted by Gasteiger charge is -2.16. The number of nitrogens with one attached hydrogen (secondary N) is 1. The Balaban J connectivity index is 2.45. The SMILES string of the molecule is CC(CN[C@@H](C)c1ccccn1)/C(N)=N/O. The number of oxime groups is 1. The van der Waals surface area contributed by atoms with Gasteiger partial charge in [0.2, 0.25) is 0 Å². The second kappa shape index (κ2) is 6.07. The molecule has 0 aliphatic rings. The van der Waals surface area contributed by atoms with E-state index in [9.17, 15) is 0 Å². The predicted molar refractivity (Wildman–Crippen MR) is 63.2 cm³/mol. The van der Waals surface area contributed by atoms with Crippen molar-refractivity contribution in [3.63, 3.8) is 0 Å². The van der Waals surface area contributed by atoms with Crippen LogP contribution in [0.2, 0.25) is 0 Å². The first kappa shape index (κ1) is 12.4. The number of hydrogen-bond acceptors (Lipinski definition) is 4. The fourth-order valence-corrected chi connectivity index (χ4v) is 1.29. The van der Waals surface area contributed by atoms with Gasteiger partial charge >= 0.3 is 0 Å². The van der Waals surface area contributed by atoms with E-state index in [0.29, 0.717) is 6.54 Å². The van der Waals surface area contributed by atoms with Crippen LogP contribution in [-0.2, 0) is 0 Å². The Bertz CT molecular complexity index is 339. The van der Waals surface area contributed by atoms with E-state index in [0.717, 1.165) is 5.69 Å². The molecule has 88 valence electrons. The minimum atomic E-state index is -0.00355. The maximum absolute atomic E-state index is 8.51. The van der Waals surface area contributed by atoms with E-state index in [1.165, 1.54) is 0 Å². The first-order chi connectivity index (χ1) is 7.65. The Hall–Kier alpha value is -1.62. The molecule has 0 radical (unpaired) electrons. The summed E-state index contributed by atoms with van der Waals surface area (Å²) in [6.07, 6.45) is 1.76. The molecule has 1 unspecified atom stereocenters. The third-order valence-electron chi connectivity index (χ3n) is 2.48. The summed E-state index contributed by atoms with van der Waals surface area (Å²) >= 11 is 0. The van der Waals surface area contributed by atoms with Crippen molar-refractivity contribution in [3.8, 4) is 0 Å². The molecule has 0 saturated heterocycles. The summed E-state index contributed by atoms with van der Waals surface area (Å²) in [5, 5.41) is 14.8. The van der Waals surface area contributed by atoms with Crippen molar-refractivity contribution < 1.29 is 5.21 Å². The molecule has 0 aliphatic heterocycles. The number of nitrogens with zero attached hydrogens (tertiary/aromatic N) is 2. The van der Waals surface area contributed by atoms with Gasteiger partial charge in [-0.15, -0.1) is 0 Å². The Labute approximate surface area is 95.4 Å². The highest BCUT2D eigenvalue weighted by Gasteiger charge is 2.10. The Morgan fingerprint density at radius 1 is 1.56 bits per heavy atom. The second-order valence-electron chi connectivity index (χ2n) is 3.81. The molecule has 2 atom stereocenters. The minimum absolute atomic E-state index is 0.00355. The highest BCUT2D eigenvalue weighted by atomic mass is 16.4. The van der Waals surface area contributed by atoms with Crippen LogP contribution in [0, 0.1) is 5.92 Å². The Morgan fingerprint density at radius 2 is 2.31 bits per heavy atom. The molecule has 0 fully saturated rings. The monoisotopic (exact) mass is 222 g/mol. The third-order valence-corrected chi connectivity index (χ3v) is 2.48. The lowest BCUT2D eigenvalue weighted by molar-refractivity contribution is 0.313. The van der Waals surface area contributed by atoms with Crippen LogP contribution in [0.15, 0.2) is 29.6 Å². The van der Waals surface area contributed by atoms with Crippen LogP contribution in [0.25, 0.3) is 0 Å². The summed E-state index contributed by atoms with van der Waals surface area (Å²) in [5.74, 6) is 0.233. The van der Waals surface area contributed by atoms with Crippen molar-refractivity contribution in [3.05, 3.63) is 30.1 Å². The van der Waals surface area contributed by atoms with E-state index in [-0.39, 0.29) is 17.8 Å². The smallest absolute Gasteiger partial charge is 0.143 e. The summed E-state index contributed by atoms with van der Waals surface area (Å²) in [7, 11) is 0. The van der Waals surface area contributed by atoms with Crippen LogP contribution in [-0.4, -0.2) is 22.6 Å². The Morgan fingerprint density at radius 3 is 2.88 bits per heavy atom. The first-order valence-electron chi connectivity index (χ1n) is 5.27. The van der Waals surface area contributed by atoms with Gasteiger partial charge in [0.15, 0.2) is 0 Å². The average molecular weight is 222 g/mol. The zero-order chi connectivity index (χ0) is 12.0. The van der Waals surface area contributed by atoms with Crippen LogP contribution >= 0.6 is 0 Å². The van der Waals surface area contributed by atoms with Crippen LogP contribution in [0.4, 0.5) is 0 Å². The standard InChI is InChI=1S/C11H18N4O/c1-8(11(12)15-16)7-14-9(2)10-5-3-4-6-13-10/h3-6,8-9,14,16H,7H2,1-2H3,(H2,12,15)/t8?,9-/m0/s1. The van der Waals surface area contributed by atoms with Crippen LogP contribution < -0.4 is 11.1 Å². The fraction of sp³-hybridized carbons (Fsp3) is 0.455. The molecule has 0 aliphatic carbocycles. The maximum Gasteiger partial charge on any atom is 0.143 e. The van der Waals surface area contributed by atoms with Gasteiger partial charge in [-0.2, -0.15) is 0 Å². The van der Waals surface area contributed by atoms with Gasteiger partial charge < -0.3 is 16.3 Å². The van der Waals surface area contributed by atoms with Gasteiger partial charge in [-0.25, -0.2) is 0 Å². The number of nitrogens with two attached hydrogens (primary N) is 1.